The molecule has 0 aromatic rings. The molecule has 0 unspecified atom stereocenters. The van der Waals surface area contributed by atoms with Crippen molar-refractivity contribution in [2.75, 3.05) is 6.61 Å². The van der Waals surface area contributed by atoms with Gasteiger partial charge in [-0.05, 0) is 12.3 Å². The number of ether oxygens (including phenoxy) is 1. The summed E-state index contributed by atoms with van der Waals surface area (Å²) in [5.74, 6) is 0.463. The molecule has 0 fully saturated rings. The molecule has 1 atom stereocenters. The van der Waals surface area contributed by atoms with Crippen molar-refractivity contribution in [2.24, 2.45) is 5.92 Å². The fourth-order valence-electron chi connectivity index (χ4n) is 1.73. The molecule has 0 bridgehead atoms. The summed E-state index contributed by atoms with van der Waals surface area (Å²) in [5, 5.41) is 0. The first-order valence-electron chi connectivity index (χ1n) is 6.86. The second-order valence-corrected chi connectivity index (χ2v) is 4.73. The van der Waals surface area contributed by atoms with Crippen LogP contribution in [-0.2, 0) is 9.53 Å². The van der Waals surface area contributed by atoms with Crippen LogP contribution in [0.25, 0.3) is 0 Å². The standard InChI is InChI=1S/C14H28O2/c1-4-6-8-10-13(3)12-14(15)16-11-9-7-5-2/h13H,4-12H2,1-3H3/t13-/m0/s1. The molecular weight excluding hydrogens is 200 g/mol. The van der Waals surface area contributed by atoms with Crippen molar-refractivity contribution >= 4 is 5.97 Å². The summed E-state index contributed by atoms with van der Waals surface area (Å²) in [6, 6.07) is 0. The number of carbonyl (C=O) groups excluding carboxylic acids is 1. The molecule has 0 heterocycles. The van der Waals surface area contributed by atoms with Gasteiger partial charge >= 0.3 is 5.97 Å². The number of rotatable bonds is 10. The number of carbonyl (C=O) groups is 1. The Labute approximate surface area is 101 Å². The fraction of sp³-hybridized carbons (Fsp3) is 0.929. The minimum atomic E-state index is -0.0138. The minimum Gasteiger partial charge on any atom is -0.466 e. The van der Waals surface area contributed by atoms with Crippen LogP contribution in [0.4, 0.5) is 0 Å². The molecular formula is C14H28O2. The summed E-state index contributed by atoms with van der Waals surface area (Å²) in [5.41, 5.74) is 0. The highest BCUT2D eigenvalue weighted by molar-refractivity contribution is 5.69. The van der Waals surface area contributed by atoms with Gasteiger partial charge in [0.25, 0.3) is 0 Å². The van der Waals surface area contributed by atoms with Crippen molar-refractivity contribution in [3.63, 3.8) is 0 Å². The zero-order valence-corrected chi connectivity index (χ0v) is 11.3. The minimum absolute atomic E-state index is 0.0138. The Bertz CT molecular complexity index is 166. The molecule has 0 N–H and O–H groups in total. The quantitative estimate of drug-likeness (QED) is 0.411. The third-order valence-corrected chi connectivity index (χ3v) is 2.83. The highest BCUT2D eigenvalue weighted by atomic mass is 16.5. The average Bonchev–Trinajstić information content (AvgIpc) is 2.25. The summed E-state index contributed by atoms with van der Waals surface area (Å²) in [6.45, 7) is 7.10. The van der Waals surface area contributed by atoms with E-state index in [4.69, 9.17) is 4.74 Å². The molecule has 0 amide bonds. The lowest BCUT2D eigenvalue weighted by Crippen LogP contribution is -2.10. The van der Waals surface area contributed by atoms with Crippen LogP contribution in [0, 0.1) is 5.92 Å². The predicted molar refractivity (Wildman–Crippen MR) is 68.4 cm³/mol. The number of unbranched alkanes of at least 4 members (excludes halogenated alkanes) is 4. The summed E-state index contributed by atoms with van der Waals surface area (Å²) in [6.07, 6.45) is 8.83. The van der Waals surface area contributed by atoms with E-state index < -0.39 is 0 Å². The lowest BCUT2D eigenvalue weighted by Gasteiger charge is -2.10. The molecule has 0 saturated heterocycles. The van der Waals surface area contributed by atoms with Crippen LogP contribution in [-0.4, -0.2) is 12.6 Å². The van der Waals surface area contributed by atoms with Gasteiger partial charge in [-0.25, -0.2) is 0 Å². The van der Waals surface area contributed by atoms with E-state index in [1.54, 1.807) is 0 Å². The summed E-state index contributed by atoms with van der Waals surface area (Å²) in [7, 11) is 0. The van der Waals surface area contributed by atoms with Crippen molar-refractivity contribution < 1.29 is 9.53 Å². The molecule has 0 spiro atoms. The first-order valence-corrected chi connectivity index (χ1v) is 6.86. The van der Waals surface area contributed by atoms with Crippen molar-refractivity contribution in [3.05, 3.63) is 0 Å². The molecule has 0 aromatic carbocycles. The van der Waals surface area contributed by atoms with Crippen LogP contribution >= 0.6 is 0 Å². The third kappa shape index (κ3) is 10.0. The molecule has 2 nitrogen and oxygen atoms in total. The molecule has 0 aromatic heterocycles. The SMILES string of the molecule is CCCCCOC(=O)C[C@@H](C)CCCCC. The van der Waals surface area contributed by atoms with Gasteiger partial charge in [-0.2, -0.15) is 0 Å². The van der Waals surface area contributed by atoms with Crippen molar-refractivity contribution in [2.45, 2.75) is 72.1 Å². The van der Waals surface area contributed by atoms with Crippen LogP contribution in [0.3, 0.4) is 0 Å². The van der Waals surface area contributed by atoms with Gasteiger partial charge in [-0.15, -0.1) is 0 Å². The van der Waals surface area contributed by atoms with Crippen LogP contribution in [0.5, 0.6) is 0 Å². The van der Waals surface area contributed by atoms with E-state index in [0.29, 0.717) is 18.9 Å². The van der Waals surface area contributed by atoms with Gasteiger partial charge in [0, 0.05) is 6.42 Å². The first-order chi connectivity index (χ1) is 7.70. The zero-order chi connectivity index (χ0) is 12.2. The van der Waals surface area contributed by atoms with E-state index >= 15 is 0 Å². The van der Waals surface area contributed by atoms with Gasteiger partial charge < -0.3 is 4.74 Å². The Kier molecular flexibility index (Phi) is 10.6. The first kappa shape index (κ1) is 15.5. The van der Waals surface area contributed by atoms with Gasteiger partial charge in [0.2, 0.25) is 0 Å². The molecule has 16 heavy (non-hydrogen) atoms. The second-order valence-electron chi connectivity index (χ2n) is 4.73. The second kappa shape index (κ2) is 11.0. The van der Waals surface area contributed by atoms with Gasteiger partial charge in [0.05, 0.1) is 6.61 Å². The van der Waals surface area contributed by atoms with E-state index in [0.717, 1.165) is 19.3 Å². The zero-order valence-electron chi connectivity index (χ0n) is 11.3. The molecule has 96 valence electrons. The van der Waals surface area contributed by atoms with E-state index in [2.05, 4.69) is 20.8 Å². The van der Waals surface area contributed by atoms with Crippen LogP contribution in [0.2, 0.25) is 0 Å². The molecule has 0 radical (unpaired) electrons. The van der Waals surface area contributed by atoms with Crippen molar-refractivity contribution in [3.8, 4) is 0 Å². The fourth-order valence-corrected chi connectivity index (χ4v) is 1.73. The third-order valence-electron chi connectivity index (χ3n) is 2.83. The smallest absolute Gasteiger partial charge is 0.306 e. The number of hydrogen-bond donors (Lipinski definition) is 0. The van der Waals surface area contributed by atoms with Crippen molar-refractivity contribution in [1.82, 2.24) is 0 Å². The summed E-state index contributed by atoms with van der Waals surface area (Å²) < 4.78 is 5.18. The normalized spacial score (nSPS) is 12.4. The molecule has 2 heteroatoms. The summed E-state index contributed by atoms with van der Waals surface area (Å²) >= 11 is 0. The maximum Gasteiger partial charge on any atom is 0.306 e. The Balaban J connectivity index is 3.39. The lowest BCUT2D eigenvalue weighted by atomic mass is 10.0. The molecule has 0 aliphatic rings. The number of hydrogen-bond acceptors (Lipinski definition) is 2. The van der Waals surface area contributed by atoms with Crippen molar-refractivity contribution in [1.29, 1.82) is 0 Å². The van der Waals surface area contributed by atoms with Gasteiger partial charge in [0.15, 0.2) is 0 Å². The Morgan fingerprint density at radius 3 is 2.31 bits per heavy atom. The summed E-state index contributed by atoms with van der Waals surface area (Å²) in [4.78, 5) is 11.4. The highest BCUT2D eigenvalue weighted by Crippen LogP contribution is 2.13. The average molecular weight is 228 g/mol. The molecule has 0 saturated carbocycles. The van der Waals surface area contributed by atoms with Gasteiger partial charge in [-0.3, -0.25) is 4.79 Å². The Morgan fingerprint density at radius 2 is 1.69 bits per heavy atom. The largest absolute Gasteiger partial charge is 0.466 e. The van der Waals surface area contributed by atoms with Gasteiger partial charge in [-0.1, -0.05) is 59.3 Å². The van der Waals surface area contributed by atoms with Gasteiger partial charge in [0.1, 0.15) is 0 Å². The predicted octanol–water partition coefficient (Wildman–Crippen LogP) is 4.33. The monoisotopic (exact) mass is 228 g/mol. The van der Waals surface area contributed by atoms with E-state index in [1.807, 2.05) is 0 Å². The highest BCUT2D eigenvalue weighted by Gasteiger charge is 2.09. The van der Waals surface area contributed by atoms with E-state index in [1.165, 1.54) is 25.7 Å². The number of esters is 1. The maximum atomic E-state index is 11.4. The lowest BCUT2D eigenvalue weighted by molar-refractivity contribution is -0.144. The molecule has 0 aliphatic carbocycles. The topological polar surface area (TPSA) is 26.3 Å². The van der Waals surface area contributed by atoms with Crippen LogP contribution in [0.1, 0.15) is 72.1 Å². The molecule has 0 rings (SSSR count). The Hall–Kier alpha value is -0.530. The van der Waals surface area contributed by atoms with Crippen LogP contribution < -0.4 is 0 Å². The van der Waals surface area contributed by atoms with E-state index in [9.17, 15) is 4.79 Å². The van der Waals surface area contributed by atoms with E-state index in [-0.39, 0.29) is 5.97 Å². The Morgan fingerprint density at radius 1 is 1.06 bits per heavy atom. The molecule has 0 aliphatic heterocycles. The van der Waals surface area contributed by atoms with Crippen LogP contribution in [0.15, 0.2) is 0 Å². The maximum absolute atomic E-state index is 11.4.